The first kappa shape index (κ1) is 24.7. The lowest BCUT2D eigenvalue weighted by Crippen LogP contribution is -2.48. The predicted molar refractivity (Wildman–Crippen MR) is 125 cm³/mol. The zero-order chi connectivity index (χ0) is 24.6. The summed E-state index contributed by atoms with van der Waals surface area (Å²) in [6.07, 6.45) is 0.558. The SMILES string of the molecule is Nc1cccc(CCOc2ccc(C(=O)NC[C@H](NS(=O)(=O)c3ccccc3)C(=O)O)cc2)n1. The van der Waals surface area contributed by atoms with Gasteiger partial charge >= 0.3 is 5.97 Å². The van der Waals surface area contributed by atoms with Gasteiger partial charge in [-0.25, -0.2) is 13.4 Å². The number of nitrogens with zero attached hydrogens (tertiary/aromatic N) is 1. The Hall–Kier alpha value is -3.96. The number of amides is 1. The summed E-state index contributed by atoms with van der Waals surface area (Å²) in [5, 5.41) is 11.8. The molecule has 5 N–H and O–H groups in total. The Balaban J connectivity index is 1.52. The lowest BCUT2D eigenvalue weighted by Gasteiger charge is -2.16. The Bertz CT molecular complexity index is 1230. The van der Waals surface area contributed by atoms with Crippen molar-refractivity contribution < 1.29 is 27.9 Å². The number of nitrogens with one attached hydrogen (secondary N) is 2. The summed E-state index contributed by atoms with van der Waals surface area (Å²) in [4.78, 5) is 28.0. The average Bonchev–Trinajstić information content (AvgIpc) is 2.82. The highest BCUT2D eigenvalue weighted by Crippen LogP contribution is 2.13. The van der Waals surface area contributed by atoms with Crippen molar-refractivity contribution in [2.45, 2.75) is 17.4 Å². The Morgan fingerprint density at radius 3 is 2.35 bits per heavy atom. The molecule has 1 heterocycles. The molecule has 34 heavy (non-hydrogen) atoms. The Morgan fingerprint density at radius 1 is 1.00 bits per heavy atom. The molecule has 11 heteroatoms. The number of anilines is 1. The lowest BCUT2D eigenvalue weighted by molar-refractivity contribution is -0.138. The third-order valence-electron chi connectivity index (χ3n) is 4.69. The molecule has 2 aromatic carbocycles. The summed E-state index contributed by atoms with van der Waals surface area (Å²) in [5.74, 6) is -0.996. The zero-order valence-electron chi connectivity index (χ0n) is 18.0. The minimum Gasteiger partial charge on any atom is -0.493 e. The van der Waals surface area contributed by atoms with Crippen LogP contribution in [0.4, 0.5) is 5.82 Å². The van der Waals surface area contributed by atoms with Crippen molar-refractivity contribution in [2.24, 2.45) is 0 Å². The fourth-order valence-electron chi connectivity index (χ4n) is 2.94. The Labute approximate surface area is 196 Å². The molecule has 0 aliphatic carbocycles. The molecular weight excluding hydrogens is 460 g/mol. The van der Waals surface area contributed by atoms with Crippen LogP contribution in [0, 0.1) is 0 Å². The molecule has 0 bridgehead atoms. The highest BCUT2D eigenvalue weighted by molar-refractivity contribution is 7.89. The maximum atomic E-state index is 12.4. The van der Waals surface area contributed by atoms with Crippen LogP contribution in [0.2, 0.25) is 0 Å². The summed E-state index contributed by atoms with van der Waals surface area (Å²) < 4.78 is 32.5. The number of ether oxygens (including phenoxy) is 1. The molecule has 1 aromatic heterocycles. The summed E-state index contributed by atoms with van der Waals surface area (Å²) in [6.45, 7) is -0.0739. The number of pyridine rings is 1. The number of carbonyl (C=O) groups is 2. The van der Waals surface area contributed by atoms with E-state index < -0.39 is 34.5 Å². The van der Waals surface area contributed by atoms with Crippen molar-refractivity contribution in [3.05, 3.63) is 84.1 Å². The molecule has 0 radical (unpaired) electrons. The highest BCUT2D eigenvalue weighted by atomic mass is 32.2. The van der Waals surface area contributed by atoms with Gasteiger partial charge in [-0.05, 0) is 48.5 Å². The number of hydrogen-bond acceptors (Lipinski definition) is 7. The van der Waals surface area contributed by atoms with Gasteiger partial charge in [0.05, 0.1) is 11.5 Å². The van der Waals surface area contributed by atoms with E-state index in [9.17, 15) is 23.1 Å². The molecule has 0 spiro atoms. The van der Waals surface area contributed by atoms with Crippen molar-refractivity contribution >= 4 is 27.7 Å². The number of nitrogens with two attached hydrogens (primary N) is 1. The van der Waals surface area contributed by atoms with E-state index in [0.717, 1.165) is 5.69 Å². The average molecular weight is 485 g/mol. The van der Waals surface area contributed by atoms with Gasteiger partial charge in [0.25, 0.3) is 5.91 Å². The van der Waals surface area contributed by atoms with Gasteiger partial charge in [-0.1, -0.05) is 24.3 Å². The Kier molecular flexibility index (Phi) is 8.17. The third-order valence-corrected chi connectivity index (χ3v) is 6.18. The summed E-state index contributed by atoms with van der Waals surface area (Å²) in [5.41, 5.74) is 6.71. The molecular formula is C23H24N4O6S. The molecule has 0 saturated carbocycles. The molecule has 0 unspecified atom stereocenters. The maximum absolute atomic E-state index is 12.4. The van der Waals surface area contributed by atoms with Crippen LogP contribution in [0.15, 0.2) is 77.7 Å². The Morgan fingerprint density at radius 2 is 1.71 bits per heavy atom. The largest absolute Gasteiger partial charge is 0.493 e. The van der Waals surface area contributed by atoms with Gasteiger partial charge in [0.1, 0.15) is 17.6 Å². The van der Waals surface area contributed by atoms with Gasteiger partial charge in [-0.3, -0.25) is 9.59 Å². The quantitative estimate of drug-likeness (QED) is 0.318. The van der Waals surface area contributed by atoms with E-state index >= 15 is 0 Å². The number of aliphatic carboxylic acids is 1. The van der Waals surface area contributed by atoms with Gasteiger partial charge in [0, 0.05) is 24.2 Å². The number of hydrogen-bond donors (Lipinski definition) is 4. The first-order valence-electron chi connectivity index (χ1n) is 10.3. The van der Waals surface area contributed by atoms with Crippen LogP contribution in [-0.4, -0.2) is 49.6 Å². The van der Waals surface area contributed by atoms with Crippen LogP contribution < -0.4 is 20.5 Å². The van der Waals surface area contributed by atoms with Crippen molar-refractivity contribution in [3.63, 3.8) is 0 Å². The topological polar surface area (TPSA) is 161 Å². The number of carboxylic acids is 1. The first-order chi connectivity index (χ1) is 16.2. The van der Waals surface area contributed by atoms with Crippen molar-refractivity contribution in [1.29, 1.82) is 0 Å². The van der Waals surface area contributed by atoms with E-state index in [-0.39, 0.29) is 10.5 Å². The van der Waals surface area contributed by atoms with Crippen LogP contribution in [0.5, 0.6) is 5.75 Å². The minimum absolute atomic E-state index is 0.0744. The maximum Gasteiger partial charge on any atom is 0.323 e. The lowest BCUT2D eigenvalue weighted by atomic mass is 10.2. The third kappa shape index (κ3) is 7.02. The van der Waals surface area contributed by atoms with Crippen LogP contribution in [0.3, 0.4) is 0 Å². The first-order valence-corrected chi connectivity index (χ1v) is 11.8. The van der Waals surface area contributed by atoms with Gasteiger partial charge < -0.3 is 20.9 Å². The minimum atomic E-state index is -4.06. The fraction of sp³-hybridized carbons (Fsp3) is 0.174. The molecule has 0 fully saturated rings. The summed E-state index contributed by atoms with van der Waals surface area (Å²) in [6, 6.07) is 17.4. The van der Waals surface area contributed by atoms with E-state index in [1.807, 2.05) is 12.1 Å². The smallest absolute Gasteiger partial charge is 0.323 e. The van der Waals surface area contributed by atoms with Crippen LogP contribution in [0.25, 0.3) is 0 Å². The second-order valence-corrected chi connectivity index (χ2v) is 8.93. The fourth-order valence-corrected chi connectivity index (χ4v) is 4.15. The van der Waals surface area contributed by atoms with Crippen LogP contribution in [0.1, 0.15) is 16.1 Å². The highest BCUT2D eigenvalue weighted by Gasteiger charge is 2.26. The normalized spacial score (nSPS) is 12.0. The molecule has 1 amide bonds. The standard InChI is InChI=1S/C23H24N4O6S/c24-21-8-4-5-17(26-21)13-14-33-18-11-9-16(10-12-18)22(28)25-15-20(23(29)30)27-34(31,32)19-6-2-1-3-7-19/h1-12,20,27H,13-15H2,(H2,24,26)(H,25,28)(H,29,30)/t20-/m0/s1. The van der Waals surface area contributed by atoms with Gasteiger partial charge in [-0.15, -0.1) is 0 Å². The number of aromatic nitrogens is 1. The molecule has 0 saturated heterocycles. The van der Waals surface area contributed by atoms with Crippen LogP contribution in [-0.2, 0) is 21.2 Å². The molecule has 10 nitrogen and oxygen atoms in total. The van der Waals surface area contributed by atoms with Crippen LogP contribution >= 0.6 is 0 Å². The molecule has 0 aliphatic rings. The summed E-state index contributed by atoms with van der Waals surface area (Å²) >= 11 is 0. The predicted octanol–water partition coefficient (Wildman–Crippen LogP) is 1.45. The number of carbonyl (C=O) groups excluding carboxylic acids is 1. The summed E-state index contributed by atoms with van der Waals surface area (Å²) in [7, 11) is -4.06. The molecule has 178 valence electrons. The molecule has 3 aromatic rings. The van der Waals surface area contributed by atoms with Gasteiger partial charge in [-0.2, -0.15) is 4.72 Å². The molecule has 1 atom stereocenters. The number of sulfonamides is 1. The van der Waals surface area contributed by atoms with E-state index in [0.29, 0.717) is 24.6 Å². The van der Waals surface area contributed by atoms with E-state index in [1.54, 1.807) is 24.3 Å². The second-order valence-electron chi connectivity index (χ2n) is 7.21. The van der Waals surface area contributed by atoms with Gasteiger partial charge in [0.15, 0.2) is 0 Å². The van der Waals surface area contributed by atoms with E-state index in [2.05, 4.69) is 15.0 Å². The van der Waals surface area contributed by atoms with Crippen molar-refractivity contribution in [3.8, 4) is 5.75 Å². The number of nitrogen functional groups attached to an aromatic ring is 1. The van der Waals surface area contributed by atoms with Crippen molar-refractivity contribution in [1.82, 2.24) is 15.0 Å². The molecule has 0 aliphatic heterocycles. The van der Waals surface area contributed by atoms with Gasteiger partial charge in [0.2, 0.25) is 10.0 Å². The second kappa shape index (κ2) is 11.3. The monoisotopic (exact) mass is 484 g/mol. The van der Waals surface area contributed by atoms with E-state index in [4.69, 9.17) is 10.5 Å². The van der Waals surface area contributed by atoms with Crippen molar-refractivity contribution in [2.75, 3.05) is 18.9 Å². The molecule has 3 rings (SSSR count). The zero-order valence-corrected chi connectivity index (χ0v) is 18.9. The number of carboxylic acid groups (broad SMARTS) is 1. The number of rotatable bonds is 11. The number of benzene rings is 2. The van der Waals surface area contributed by atoms with E-state index in [1.165, 1.54) is 36.4 Å².